The molecule has 178 valence electrons. The van der Waals surface area contributed by atoms with Gasteiger partial charge in [0.15, 0.2) is 0 Å². The van der Waals surface area contributed by atoms with Gasteiger partial charge in [-0.15, -0.1) is 0 Å². The van der Waals surface area contributed by atoms with Crippen LogP contribution in [0.1, 0.15) is 73.1 Å². The van der Waals surface area contributed by atoms with Crippen LogP contribution in [0.5, 0.6) is 0 Å². The third kappa shape index (κ3) is 4.82. The number of rotatable bonds is 4. The molecule has 0 spiro atoms. The Labute approximate surface area is 193 Å². The predicted molar refractivity (Wildman–Crippen MR) is 122 cm³/mol. The zero-order valence-corrected chi connectivity index (χ0v) is 19.4. The summed E-state index contributed by atoms with van der Waals surface area (Å²) in [6.45, 7) is 6.48. The van der Waals surface area contributed by atoms with Crippen LogP contribution >= 0.6 is 0 Å². The fourth-order valence-corrected chi connectivity index (χ4v) is 4.91. The van der Waals surface area contributed by atoms with E-state index in [1.807, 2.05) is 20.8 Å². The Morgan fingerprint density at radius 3 is 2.70 bits per heavy atom. The van der Waals surface area contributed by atoms with Crippen LogP contribution in [-0.4, -0.2) is 44.9 Å². The van der Waals surface area contributed by atoms with Crippen molar-refractivity contribution in [1.29, 1.82) is 0 Å². The zero-order valence-electron chi connectivity index (χ0n) is 19.4. The normalized spacial score (nSPS) is 20.5. The molecule has 0 bridgehead atoms. The molecule has 2 heterocycles. The summed E-state index contributed by atoms with van der Waals surface area (Å²) in [5, 5.41) is 4.71. The van der Waals surface area contributed by atoms with E-state index < -0.39 is 11.5 Å². The average molecular weight is 458 g/mol. The Kier molecular flexibility index (Phi) is 6.07. The SMILES string of the molecule is CC(C)(C)OC(=O)N1CCCC1Cn1nc(C2CCc3cc(F)ccc3C2)c(C(N)=O)c1N. The van der Waals surface area contributed by atoms with Gasteiger partial charge < -0.3 is 21.1 Å². The van der Waals surface area contributed by atoms with Gasteiger partial charge in [0.05, 0.1) is 18.3 Å². The van der Waals surface area contributed by atoms with Crippen LogP contribution < -0.4 is 11.5 Å². The quantitative estimate of drug-likeness (QED) is 0.730. The highest BCUT2D eigenvalue weighted by molar-refractivity contribution is 5.98. The average Bonchev–Trinajstić information content (AvgIpc) is 3.31. The number of anilines is 1. The first-order valence-corrected chi connectivity index (χ1v) is 11.5. The Hall–Kier alpha value is -3.10. The van der Waals surface area contributed by atoms with E-state index in [0.29, 0.717) is 31.6 Å². The van der Waals surface area contributed by atoms with Gasteiger partial charge in [-0.05, 0) is 76.1 Å². The van der Waals surface area contributed by atoms with Crippen LogP contribution in [0.3, 0.4) is 0 Å². The van der Waals surface area contributed by atoms with Gasteiger partial charge in [-0.2, -0.15) is 5.10 Å². The molecule has 2 amide bonds. The van der Waals surface area contributed by atoms with Gasteiger partial charge in [-0.3, -0.25) is 4.79 Å². The smallest absolute Gasteiger partial charge is 0.410 e. The lowest BCUT2D eigenvalue weighted by Crippen LogP contribution is -2.41. The number of nitrogen functional groups attached to an aromatic ring is 1. The number of carbonyl (C=O) groups excluding carboxylic acids is 2. The van der Waals surface area contributed by atoms with Crippen LogP contribution in [0.2, 0.25) is 0 Å². The van der Waals surface area contributed by atoms with E-state index in [1.54, 1.807) is 21.7 Å². The summed E-state index contributed by atoms with van der Waals surface area (Å²) < 4.78 is 20.7. The molecule has 0 saturated carbocycles. The molecule has 0 radical (unpaired) electrons. The van der Waals surface area contributed by atoms with E-state index in [9.17, 15) is 14.0 Å². The Morgan fingerprint density at radius 1 is 1.24 bits per heavy atom. The number of benzene rings is 1. The summed E-state index contributed by atoms with van der Waals surface area (Å²) >= 11 is 0. The lowest BCUT2D eigenvalue weighted by Gasteiger charge is -2.28. The molecule has 9 heteroatoms. The zero-order chi connectivity index (χ0) is 23.9. The number of likely N-dealkylation sites (tertiary alicyclic amines) is 1. The molecule has 2 atom stereocenters. The first-order chi connectivity index (χ1) is 15.5. The number of ether oxygens (including phenoxy) is 1. The van der Waals surface area contributed by atoms with Gasteiger partial charge in [0.2, 0.25) is 0 Å². The van der Waals surface area contributed by atoms with E-state index in [0.717, 1.165) is 30.4 Å². The Morgan fingerprint density at radius 2 is 2.00 bits per heavy atom. The first-order valence-electron chi connectivity index (χ1n) is 11.5. The summed E-state index contributed by atoms with van der Waals surface area (Å²) in [4.78, 5) is 26.7. The lowest BCUT2D eigenvalue weighted by molar-refractivity contribution is 0.0212. The molecule has 1 aliphatic carbocycles. The monoisotopic (exact) mass is 457 g/mol. The number of aryl methyl sites for hydroxylation is 1. The largest absolute Gasteiger partial charge is 0.444 e. The number of fused-ring (bicyclic) bond motifs is 1. The van der Waals surface area contributed by atoms with E-state index in [2.05, 4.69) is 0 Å². The second-order valence-corrected chi connectivity index (χ2v) is 10.0. The molecule has 4 N–H and O–H groups in total. The fraction of sp³-hybridized carbons (Fsp3) is 0.542. The first kappa shape index (κ1) is 23.1. The molecule has 1 saturated heterocycles. The van der Waals surface area contributed by atoms with Crippen molar-refractivity contribution in [1.82, 2.24) is 14.7 Å². The number of carbonyl (C=O) groups is 2. The summed E-state index contributed by atoms with van der Waals surface area (Å²) in [5.41, 5.74) is 14.3. The fourth-order valence-electron chi connectivity index (χ4n) is 4.91. The van der Waals surface area contributed by atoms with Gasteiger partial charge >= 0.3 is 6.09 Å². The molecule has 2 unspecified atom stereocenters. The van der Waals surface area contributed by atoms with Gasteiger partial charge in [0.25, 0.3) is 5.91 Å². The molecule has 2 aliphatic rings. The topological polar surface area (TPSA) is 116 Å². The molecular weight excluding hydrogens is 425 g/mol. The minimum absolute atomic E-state index is 0.0421. The molecule has 8 nitrogen and oxygen atoms in total. The standard InChI is InChI=1S/C24H32FN5O3/c1-24(2,3)33-23(32)29-10-4-5-18(29)13-30-21(26)19(22(27)31)20(28-30)16-7-6-15-12-17(25)9-8-14(15)11-16/h8-9,12,16,18H,4-7,10-11,13,26H2,1-3H3,(H2,27,31). The maximum absolute atomic E-state index is 13.6. The molecule has 1 aromatic heterocycles. The van der Waals surface area contributed by atoms with Crippen LogP contribution in [-0.2, 0) is 24.1 Å². The third-order valence-electron chi connectivity index (χ3n) is 6.44. The van der Waals surface area contributed by atoms with Gasteiger partial charge in [-0.1, -0.05) is 6.07 Å². The molecule has 33 heavy (non-hydrogen) atoms. The van der Waals surface area contributed by atoms with Gasteiger partial charge in [0.1, 0.15) is 22.8 Å². The van der Waals surface area contributed by atoms with Gasteiger partial charge in [-0.25, -0.2) is 13.9 Å². The minimum Gasteiger partial charge on any atom is -0.444 e. The van der Waals surface area contributed by atoms with Crippen molar-refractivity contribution >= 4 is 17.8 Å². The molecule has 1 aliphatic heterocycles. The summed E-state index contributed by atoms with van der Waals surface area (Å²) in [6, 6.07) is 4.68. The van der Waals surface area contributed by atoms with Gasteiger partial charge in [0, 0.05) is 12.5 Å². The van der Waals surface area contributed by atoms with Crippen molar-refractivity contribution in [3.05, 3.63) is 46.4 Å². The highest BCUT2D eigenvalue weighted by atomic mass is 19.1. The highest BCUT2D eigenvalue weighted by Gasteiger charge is 2.35. The predicted octanol–water partition coefficient (Wildman–Crippen LogP) is 3.38. The highest BCUT2D eigenvalue weighted by Crippen LogP contribution is 2.36. The van der Waals surface area contributed by atoms with Crippen LogP contribution in [0, 0.1) is 5.82 Å². The number of nitrogens with zero attached hydrogens (tertiary/aromatic N) is 3. The van der Waals surface area contributed by atoms with Crippen LogP contribution in [0.25, 0.3) is 0 Å². The summed E-state index contributed by atoms with van der Waals surface area (Å²) in [6.07, 6.45) is 3.35. The van der Waals surface area contributed by atoms with Crippen molar-refractivity contribution in [3.8, 4) is 0 Å². The maximum Gasteiger partial charge on any atom is 0.410 e. The molecular formula is C24H32FN5O3. The number of primary amides is 1. The molecule has 1 aromatic carbocycles. The van der Waals surface area contributed by atoms with E-state index in [4.69, 9.17) is 21.3 Å². The van der Waals surface area contributed by atoms with Crippen LogP contribution in [0.4, 0.5) is 15.0 Å². The number of amides is 2. The Balaban J connectivity index is 1.58. The summed E-state index contributed by atoms with van der Waals surface area (Å²) in [7, 11) is 0. The van der Waals surface area contributed by atoms with Crippen molar-refractivity contribution < 1.29 is 18.7 Å². The van der Waals surface area contributed by atoms with Crippen molar-refractivity contribution in [2.24, 2.45) is 5.73 Å². The number of hydrogen-bond acceptors (Lipinski definition) is 5. The second kappa shape index (κ2) is 8.68. The van der Waals surface area contributed by atoms with Crippen molar-refractivity contribution in [2.75, 3.05) is 12.3 Å². The molecule has 4 rings (SSSR count). The maximum atomic E-state index is 13.6. The number of halogens is 1. The van der Waals surface area contributed by atoms with Crippen LogP contribution in [0.15, 0.2) is 18.2 Å². The third-order valence-corrected chi connectivity index (χ3v) is 6.44. The Bertz CT molecular complexity index is 1070. The van der Waals surface area contributed by atoms with E-state index >= 15 is 0 Å². The molecule has 2 aromatic rings. The number of aromatic nitrogens is 2. The lowest BCUT2D eigenvalue weighted by atomic mass is 9.81. The number of nitrogens with two attached hydrogens (primary N) is 2. The van der Waals surface area contributed by atoms with E-state index in [1.165, 1.54) is 6.07 Å². The minimum atomic E-state index is -0.617. The number of hydrogen-bond donors (Lipinski definition) is 2. The molecule has 1 fully saturated rings. The summed E-state index contributed by atoms with van der Waals surface area (Å²) in [5.74, 6) is -0.684. The van der Waals surface area contributed by atoms with Crippen molar-refractivity contribution in [3.63, 3.8) is 0 Å². The second-order valence-electron chi connectivity index (χ2n) is 10.0. The van der Waals surface area contributed by atoms with E-state index in [-0.39, 0.29) is 35.3 Å². The van der Waals surface area contributed by atoms with Crippen molar-refractivity contribution in [2.45, 2.75) is 77.0 Å².